The molecule has 0 aliphatic rings. The lowest BCUT2D eigenvalue weighted by molar-refractivity contribution is 0.532. The van der Waals surface area contributed by atoms with Crippen molar-refractivity contribution in [2.45, 2.75) is 26.4 Å². The summed E-state index contributed by atoms with van der Waals surface area (Å²) < 4.78 is 1.96. The van der Waals surface area contributed by atoms with Gasteiger partial charge >= 0.3 is 0 Å². The number of nitrogens with one attached hydrogen (secondary N) is 1. The maximum Gasteiger partial charge on any atom is 0.0908 e. The first kappa shape index (κ1) is 13.9. The van der Waals surface area contributed by atoms with Crippen molar-refractivity contribution >= 4 is 28.2 Å². The molecule has 21 heavy (non-hydrogen) atoms. The molecule has 0 aliphatic carbocycles. The molecule has 5 heteroatoms. The fourth-order valence-corrected chi connectivity index (χ4v) is 2.45. The maximum absolute atomic E-state index is 6.18. The van der Waals surface area contributed by atoms with Crippen molar-refractivity contribution in [1.82, 2.24) is 14.8 Å². The number of hydrogen-bond donors (Lipinski definition) is 1. The fraction of sp³-hybridized carbons (Fsp3) is 0.250. The fourth-order valence-electron chi connectivity index (χ4n) is 2.24. The second-order valence-electron chi connectivity index (χ2n) is 5.27. The molecule has 3 rings (SSSR count). The molecule has 1 aromatic carbocycles. The molecule has 0 fully saturated rings. The van der Waals surface area contributed by atoms with E-state index in [1.807, 2.05) is 35.1 Å². The van der Waals surface area contributed by atoms with Crippen molar-refractivity contribution < 1.29 is 0 Å². The molecule has 4 nitrogen and oxygen atoms in total. The van der Waals surface area contributed by atoms with Crippen LogP contribution < -0.4 is 5.32 Å². The second-order valence-corrected chi connectivity index (χ2v) is 5.68. The third-order valence-corrected chi connectivity index (χ3v) is 3.69. The standard InChI is InChI=1S/C16H17ClN4/c1-11(2)21-10-12(9-20-21)8-19-15-6-5-14(17)16-13(15)4-3-7-18-16/h3-7,9-11,19H,8H2,1-2H3. The first-order chi connectivity index (χ1) is 10.1. The van der Waals surface area contributed by atoms with E-state index >= 15 is 0 Å². The van der Waals surface area contributed by atoms with Crippen molar-refractivity contribution in [3.63, 3.8) is 0 Å². The van der Waals surface area contributed by atoms with Crippen LogP contribution in [0.5, 0.6) is 0 Å². The van der Waals surface area contributed by atoms with E-state index in [1.54, 1.807) is 6.20 Å². The zero-order valence-corrected chi connectivity index (χ0v) is 12.8. The molecule has 0 unspecified atom stereocenters. The van der Waals surface area contributed by atoms with Crippen LogP contribution >= 0.6 is 11.6 Å². The summed E-state index contributed by atoms with van der Waals surface area (Å²) in [6.07, 6.45) is 5.71. The number of aromatic nitrogens is 3. The van der Waals surface area contributed by atoms with E-state index in [9.17, 15) is 0 Å². The Balaban J connectivity index is 1.83. The first-order valence-electron chi connectivity index (χ1n) is 6.95. The van der Waals surface area contributed by atoms with Crippen molar-refractivity contribution in [1.29, 1.82) is 0 Å². The summed E-state index contributed by atoms with van der Waals surface area (Å²) in [5.41, 5.74) is 3.00. The Hall–Kier alpha value is -2.07. The molecule has 0 spiro atoms. The van der Waals surface area contributed by atoms with Gasteiger partial charge in [-0.2, -0.15) is 5.10 Å². The van der Waals surface area contributed by atoms with Gasteiger partial charge in [0.05, 0.1) is 16.7 Å². The highest BCUT2D eigenvalue weighted by Gasteiger charge is 2.06. The predicted octanol–water partition coefficient (Wildman–Crippen LogP) is 4.28. The molecule has 0 bridgehead atoms. The van der Waals surface area contributed by atoms with Gasteiger partial charge in [-0.15, -0.1) is 0 Å². The van der Waals surface area contributed by atoms with Crippen LogP contribution in [0.1, 0.15) is 25.5 Å². The number of benzene rings is 1. The third-order valence-electron chi connectivity index (χ3n) is 3.39. The van der Waals surface area contributed by atoms with E-state index in [0.717, 1.165) is 28.7 Å². The van der Waals surface area contributed by atoms with Gasteiger partial charge in [0.15, 0.2) is 0 Å². The summed E-state index contributed by atoms with van der Waals surface area (Å²) in [5, 5.41) is 9.48. The SMILES string of the molecule is CC(C)n1cc(CNc2ccc(Cl)c3ncccc23)cn1. The number of rotatable bonds is 4. The zero-order chi connectivity index (χ0) is 14.8. The lowest BCUT2D eigenvalue weighted by atomic mass is 10.1. The Labute approximate surface area is 128 Å². The van der Waals surface area contributed by atoms with Gasteiger partial charge in [-0.05, 0) is 38.1 Å². The summed E-state index contributed by atoms with van der Waals surface area (Å²) in [6.45, 7) is 4.95. The number of anilines is 1. The molecule has 0 amide bonds. The average Bonchev–Trinajstić information content (AvgIpc) is 2.96. The van der Waals surface area contributed by atoms with Gasteiger partial charge in [0.1, 0.15) is 0 Å². The van der Waals surface area contributed by atoms with Crippen molar-refractivity contribution in [3.05, 3.63) is 53.4 Å². The quantitative estimate of drug-likeness (QED) is 0.782. The van der Waals surface area contributed by atoms with E-state index < -0.39 is 0 Å². The lowest BCUT2D eigenvalue weighted by Gasteiger charge is -2.09. The van der Waals surface area contributed by atoms with Gasteiger partial charge < -0.3 is 5.32 Å². The molecular formula is C16H17ClN4. The Kier molecular flexibility index (Phi) is 3.80. The largest absolute Gasteiger partial charge is 0.380 e. The summed E-state index contributed by atoms with van der Waals surface area (Å²) in [6, 6.07) is 8.17. The minimum atomic E-state index is 0.374. The van der Waals surface area contributed by atoms with E-state index in [0.29, 0.717) is 11.1 Å². The minimum Gasteiger partial charge on any atom is -0.380 e. The number of halogens is 1. The summed E-state index contributed by atoms with van der Waals surface area (Å²) in [5.74, 6) is 0. The molecule has 0 saturated carbocycles. The maximum atomic E-state index is 6.18. The third kappa shape index (κ3) is 2.85. The Morgan fingerprint density at radius 1 is 1.29 bits per heavy atom. The summed E-state index contributed by atoms with van der Waals surface area (Å²) >= 11 is 6.18. The molecule has 1 N–H and O–H groups in total. The molecule has 2 heterocycles. The average molecular weight is 301 g/mol. The molecule has 108 valence electrons. The summed E-state index contributed by atoms with van der Waals surface area (Å²) in [7, 11) is 0. The van der Waals surface area contributed by atoms with Crippen molar-refractivity contribution in [2.24, 2.45) is 0 Å². The number of fused-ring (bicyclic) bond motifs is 1. The molecule has 0 aliphatic heterocycles. The van der Waals surface area contributed by atoms with Gasteiger partial charge in [-0.1, -0.05) is 11.6 Å². The number of nitrogens with zero attached hydrogens (tertiary/aromatic N) is 3. The first-order valence-corrected chi connectivity index (χ1v) is 7.33. The zero-order valence-electron chi connectivity index (χ0n) is 12.0. The Morgan fingerprint density at radius 3 is 2.90 bits per heavy atom. The van der Waals surface area contributed by atoms with Crippen LogP contribution in [-0.4, -0.2) is 14.8 Å². The molecule has 0 radical (unpaired) electrons. The van der Waals surface area contributed by atoms with Crippen LogP contribution in [0.4, 0.5) is 5.69 Å². The second kappa shape index (κ2) is 5.74. The van der Waals surface area contributed by atoms with E-state index in [4.69, 9.17) is 11.6 Å². The lowest BCUT2D eigenvalue weighted by Crippen LogP contribution is -2.01. The van der Waals surface area contributed by atoms with Crippen LogP contribution in [0.2, 0.25) is 5.02 Å². The number of hydrogen-bond acceptors (Lipinski definition) is 3. The van der Waals surface area contributed by atoms with Gasteiger partial charge in [-0.25, -0.2) is 0 Å². The van der Waals surface area contributed by atoms with Crippen LogP contribution in [-0.2, 0) is 6.54 Å². The van der Waals surface area contributed by atoms with Crippen LogP contribution in [0.25, 0.3) is 10.9 Å². The van der Waals surface area contributed by atoms with Crippen molar-refractivity contribution in [2.75, 3.05) is 5.32 Å². The number of pyridine rings is 1. The highest BCUT2D eigenvalue weighted by Crippen LogP contribution is 2.28. The molecule has 0 saturated heterocycles. The van der Waals surface area contributed by atoms with E-state index in [1.165, 1.54) is 0 Å². The Morgan fingerprint density at radius 2 is 2.14 bits per heavy atom. The van der Waals surface area contributed by atoms with Crippen LogP contribution in [0.15, 0.2) is 42.9 Å². The van der Waals surface area contributed by atoms with E-state index in [2.05, 4.69) is 35.4 Å². The highest BCUT2D eigenvalue weighted by atomic mass is 35.5. The molecule has 0 atom stereocenters. The smallest absolute Gasteiger partial charge is 0.0908 e. The van der Waals surface area contributed by atoms with Gasteiger partial charge in [0, 0.05) is 41.6 Å². The summed E-state index contributed by atoms with van der Waals surface area (Å²) in [4.78, 5) is 4.34. The molecule has 3 aromatic rings. The molecular weight excluding hydrogens is 284 g/mol. The van der Waals surface area contributed by atoms with E-state index in [-0.39, 0.29) is 0 Å². The van der Waals surface area contributed by atoms with Crippen LogP contribution in [0.3, 0.4) is 0 Å². The van der Waals surface area contributed by atoms with Crippen molar-refractivity contribution in [3.8, 4) is 0 Å². The van der Waals surface area contributed by atoms with Gasteiger partial charge in [0.2, 0.25) is 0 Å². The molecule has 2 aromatic heterocycles. The van der Waals surface area contributed by atoms with Crippen LogP contribution in [0, 0.1) is 0 Å². The topological polar surface area (TPSA) is 42.7 Å². The Bertz CT molecular complexity index is 764. The van der Waals surface area contributed by atoms with Gasteiger partial charge in [0.25, 0.3) is 0 Å². The minimum absolute atomic E-state index is 0.374. The normalized spacial score (nSPS) is 11.2. The highest BCUT2D eigenvalue weighted by molar-refractivity contribution is 6.35. The van der Waals surface area contributed by atoms with Gasteiger partial charge in [-0.3, -0.25) is 9.67 Å². The predicted molar refractivity (Wildman–Crippen MR) is 86.7 cm³/mol. The monoisotopic (exact) mass is 300 g/mol.